The molecule has 1 atom stereocenters. The summed E-state index contributed by atoms with van der Waals surface area (Å²) >= 11 is 0. The number of hydrogen-bond acceptors (Lipinski definition) is 3. The van der Waals surface area contributed by atoms with Crippen molar-refractivity contribution in [3.05, 3.63) is 35.1 Å². The Morgan fingerprint density at radius 3 is 2.65 bits per heavy atom. The second-order valence-corrected chi connectivity index (χ2v) is 5.51. The zero-order valence-electron chi connectivity index (χ0n) is 13.2. The Bertz CT molecular complexity index is 548. The maximum absolute atomic E-state index is 13.4. The van der Waals surface area contributed by atoms with Crippen LogP contribution in [-0.4, -0.2) is 37.5 Å². The van der Waals surface area contributed by atoms with Gasteiger partial charge in [0.05, 0.1) is 6.04 Å². The van der Waals surface area contributed by atoms with Gasteiger partial charge in [0.15, 0.2) is 0 Å². The zero-order valence-corrected chi connectivity index (χ0v) is 14.0. The minimum Gasteiger partial charge on any atom is -0.353 e. The molecule has 2 amide bonds. The Balaban J connectivity index is 0.00000264. The second kappa shape index (κ2) is 9.47. The first-order valence-corrected chi connectivity index (χ1v) is 7.63. The molecule has 0 aromatic heterocycles. The number of hydrogen-bond donors (Lipinski definition) is 3. The molecule has 0 radical (unpaired) electrons. The van der Waals surface area contributed by atoms with E-state index in [0.717, 1.165) is 25.8 Å². The Labute approximate surface area is 141 Å². The van der Waals surface area contributed by atoms with E-state index in [2.05, 4.69) is 16.0 Å². The predicted octanol–water partition coefficient (Wildman–Crippen LogP) is 1.54. The lowest BCUT2D eigenvalue weighted by Gasteiger charge is -2.22. The van der Waals surface area contributed by atoms with Gasteiger partial charge in [0.2, 0.25) is 5.91 Å². The fourth-order valence-electron chi connectivity index (χ4n) is 2.40. The molecule has 0 spiro atoms. The summed E-state index contributed by atoms with van der Waals surface area (Å²) in [7, 11) is 0. The molecule has 7 heteroatoms. The third-order valence-electron chi connectivity index (χ3n) is 3.77. The van der Waals surface area contributed by atoms with Gasteiger partial charge in [0.1, 0.15) is 5.82 Å². The molecular weight excluding hydrogens is 321 g/mol. The number of carbonyl (C=O) groups is 2. The molecule has 1 aliphatic heterocycles. The minimum absolute atomic E-state index is 0. The highest BCUT2D eigenvalue weighted by atomic mass is 35.5. The normalized spacial score (nSPS) is 17.0. The Morgan fingerprint density at radius 1 is 1.26 bits per heavy atom. The zero-order chi connectivity index (χ0) is 15.9. The molecule has 3 N–H and O–H groups in total. The molecule has 5 nitrogen and oxygen atoms in total. The third kappa shape index (κ3) is 5.80. The summed E-state index contributed by atoms with van der Waals surface area (Å²) in [5, 5.41) is 8.62. The highest BCUT2D eigenvalue weighted by Gasteiger charge is 2.19. The largest absolute Gasteiger partial charge is 0.353 e. The molecular formula is C16H23ClFN3O2. The van der Waals surface area contributed by atoms with E-state index in [9.17, 15) is 14.0 Å². The topological polar surface area (TPSA) is 70.2 Å². The third-order valence-corrected chi connectivity index (χ3v) is 3.77. The highest BCUT2D eigenvalue weighted by molar-refractivity contribution is 5.94. The van der Waals surface area contributed by atoms with Crippen LogP contribution in [0.5, 0.6) is 0 Å². The summed E-state index contributed by atoms with van der Waals surface area (Å²) < 4.78 is 13.4. The maximum atomic E-state index is 13.4. The van der Waals surface area contributed by atoms with Crippen molar-refractivity contribution >= 4 is 24.2 Å². The molecule has 1 heterocycles. The molecule has 1 aromatic rings. The lowest BCUT2D eigenvalue weighted by atomic mass is 10.0. The number of carbonyl (C=O) groups excluding carboxylic acids is 2. The van der Waals surface area contributed by atoms with Crippen molar-refractivity contribution in [2.45, 2.75) is 32.2 Å². The van der Waals surface area contributed by atoms with E-state index in [1.165, 1.54) is 6.07 Å². The van der Waals surface area contributed by atoms with Gasteiger partial charge in [-0.05, 0) is 44.0 Å². The molecule has 23 heavy (non-hydrogen) atoms. The van der Waals surface area contributed by atoms with Crippen molar-refractivity contribution in [3.8, 4) is 0 Å². The summed E-state index contributed by atoms with van der Waals surface area (Å²) in [6, 6.07) is 4.24. The van der Waals surface area contributed by atoms with Crippen LogP contribution < -0.4 is 16.0 Å². The smallest absolute Gasteiger partial charge is 0.251 e. The number of amides is 2. The van der Waals surface area contributed by atoms with Crippen LogP contribution in [0.4, 0.5) is 4.39 Å². The number of piperidine rings is 1. The van der Waals surface area contributed by atoms with Crippen LogP contribution in [0.1, 0.15) is 35.2 Å². The molecule has 2 rings (SSSR count). The van der Waals surface area contributed by atoms with Crippen LogP contribution in [0.15, 0.2) is 18.2 Å². The predicted molar refractivity (Wildman–Crippen MR) is 89.4 cm³/mol. The van der Waals surface area contributed by atoms with E-state index in [-0.39, 0.29) is 35.8 Å². The van der Waals surface area contributed by atoms with Gasteiger partial charge < -0.3 is 16.0 Å². The average molecular weight is 344 g/mol. The van der Waals surface area contributed by atoms with Gasteiger partial charge in [-0.25, -0.2) is 4.39 Å². The molecule has 0 bridgehead atoms. The molecule has 1 aromatic carbocycles. The van der Waals surface area contributed by atoms with Gasteiger partial charge in [-0.1, -0.05) is 12.5 Å². The molecule has 1 saturated heterocycles. The van der Waals surface area contributed by atoms with Gasteiger partial charge in [-0.3, -0.25) is 9.59 Å². The molecule has 1 aliphatic rings. The number of benzene rings is 1. The second-order valence-electron chi connectivity index (χ2n) is 5.51. The standard InChI is InChI=1S/C16H22FN3O2.ClH/c1-11-5-6-12(10-13(11)17)15(21)19-8-9-20-16(22)14-4-2-3-7-18-14;/h5-6,10,14,18H,2-4,7-9H2,1H3,(H,19,21)(H,20,22);1H. The van der Waals surface area contributed by atoms with Gasteiger partial charge in [0, 0.05) is 18.7 Å². The monoisotopic (exact) mass is 343 g/mol. The van der Waals surface area contributed by atoms with E-state index in [4.69, 9.17) is 0 Å². The van der Waals surface area contributed by atoms with E-state index in [1.54, 1.807) is 19.1 Å². The summed E-state index contributed by atoms with van der Waals surface area (Å²) in [5.41, 5.74) is 0.784. The minimum atomic E-state index is -0.399. The number of rotatable bonds is 5. The van der Waals surface area contributed by atoms with E-state index in [0.29, 0.717) is 18.7 Å². The lowest BCUT2D eigenvalue weighted by Crippen LogP contribution is -2.48. The number of nitrogens with one attached hydrogen (secondary N) is 3. The molecule has 0 aliphatic carbocycles. The molecule has 1 fully saturated rings. The summed E-state index contributed by atoms with van der Waals surface area (Å²) in [6.45, 7) is 3.18. The van der Waals surface area contributed by atoms with Gasteiger partial charge >= 0.3 is 0 Å². The van der Waals surface area contributed by atoms with Crippen molar-refractivity contribution in [1.82, 2.24) is 16.0 Å². The lowest BCUT2D eigenvalue weighted by molar-refractivity contribution is -0.123. The molecule has 1 unspecified atom stereocenters. The van der Waals surface area contributed by atoms with Crippen LogP contribution in [0.25, 0.3) is 0 Å². The van der Waals surface area contributed by atoms with Crippen molar-refractivity contribution in [3.63, 3.8) is 0 Å². The Morgan fingerprint density at radius 2 is 2.00 bits per heavy atom. The van der Waals surface area contributed by atoms with Crippen molar-refractivity contribution in [2.75, 3.05) is 19.6 Å². The first kappa shape index (κ1) is 19.4. The Hall–Kier alpha value is -1.66. The number of halogens is 2. The van der Waals surface area contributed by atoms with Gasteiger partial charge in [-0.2, -0.15) is 0 Å². The van der Waals surface area contributed by atoms with Crippen LogP contribution in [0, 0.1) is 12.7 Å². The first-order chi connectivity index (χ1) is 10.6. The fourth-order valence-corrected chi connectivity index (χ4v) is 2.40. The van der Waals surface area contributed by atoms with Gasteiger partial charge in [-0.15, -0.1) is 12.4 Å². The van der Waals surface area contributed by atoms with Gasteiger partial charge in [0.25, 0.3) is 5.91 Å². The highest BCUT2D eigenvalue weighted by Crippen LogP contribution is 2.09. The maximum Gasteiger partial charge on any atom is 0.251 e. The number of aryl methyl sites for hydroxylation is 1. The van der Waals surface area contributed by atoms with Crippen LogP contribution in [0.3, 0.4) is 0 Å². The molecule has 128 valence electrons. The summed E-state index contributed by atoms with van der Waals surface area (Å²) in [5.74, 6) is -0.774. The molecule has 0 saturated carbocycles. The van der Waals surface area contributed by atoms with E-state index < -0.39 is 5.82 Å². The Kier molecular flexibility index (Phi) is 7.98. The van der Waals surface area contributed by atoms with Crippen LogP contribution >= 0.6 is 12.4 Å². The van der Waals surface area contributed by atoms with Crippen molar-refractivity contribution < 1.29 is 14.0 Å². The van der Waals surface area contributed by atoms with Crippen LogP contribution in [0.2, 0.25) is 0 Å². The quantitative estimate of drug-likeness (QED) is 0.710. The van der Waals surface area contributed by atoms with Crippen LogP contribution in [-0.2, 0) is 4.79 Å². The van der Waals surface area contributed by atoms with Crippen molar-refractivity contribution in [1.29, 1.82) is 0 Å². The van der Waals surface area contributed by atoms with E-state index >= 15 is 0 Å². The summed E-state index contributed by atoms with van der Waals surface area (Å²) in [6.07, 6.45) is 3.01. The fraction of sp³-hybridized carbons (Fsp3) is 0.500. The first-order valence-electron chi connectivity index (χ1n) is 7.63. The summed E-state index contributed by atoms with van der Waals surface area (Å²) in [4.78, 5) is 23.7. The van der Waals surface area contributed by atoms with Crippen molar-refractivity contribution in [2.24, 2.45) is 0 Å². The SMILES string of the molecule is Cc1ccc(C(=O)NCCNC(=O)C2CCCCN2)cc1F.Cl. The van der Waals surface area contributed by atoms with E-state index in [1.807, 2.05) is 0 Å². The average Bonchev–Trinajstić information content (AvgIpc) is 2.54.